The summed E-state index contributed by atoms with van der Waals surface area (Å²) >= 11 is -0.681. The molecule has 0 aliphatic carbocycles. The van der Waals surface area contributed by atoms with Crippen LogP contribution in [-0.4, -0.2) is 38.3 Å². The Hall–Kier alpha value is -2.41. The molecule has 10 nitrogen and oxygen atoms in total. The van der Waals surface area contributed by atoms with Gasteiger partial charge in [-0.3, -0.25) is 5.43 Å². The summed E-state index contributed by atoms with van der Waals surface area (Å²) in [5.41, 5.74) is 7.55. The number of aromatic nitrogens is 2. The van der Waals surface area contributed by atoms with E-state index in [9.17, 15) is 9.00 Å². The van der Waals surface area contributed by atoms with Gasteiger partial charge in [-0.1, -0.05) is 12.1 Å². The molecule has 1 unspecified atom stereocenters. The molecule has 0 radical (unpaired) electrons. The van der Waals surface area contributed by atoms with Crippen LogP contribution in [0.25, 0.3) is 11.4 Å². The minimum Gasteiger partial charge on any atom is -0.335 e. The zero-order valence-corrected chi connectivity index (χ0v) is 15.9. The molecule has 0 spiro atoms. The maximum Gasteiger partial charge on any atom is 0.333 e. The quantitative estimate of drug-likeness (QED) is 0.269. The van der Waals surface area contributed by atoms with Crippen LogP contribution in [0.1, 0.15) is 13.8 Å². The van der Waals surface area contributed by atoms with Gasteiger partial charge >= 0.3 is 6.03 Å². The van der Waals surface area contributed by atoms with E-state index in [0.29, 0.717) is 22.2 Å². The minimum absolute atomic E-state index is 0.0219. The molecule has 1 aromatic carbocycles. The Labute approximate surface area is 156 Å². The fourth-order valence-electron chi connectivity index (χ4n) is 1.71. The van der Waals surface area contributed by atoms with E-state index in [2.05, 4.69) is 39.7 Å². The highest BCUT2D eigenvalue weighted by atomic mass is 32.2. The first kappa shape index (κ1) is 19.9. The van der Waals surface area contributed by atoms with E-state index >= 15 is 0 Å². The SMILES string of the molecule is COOS(=O)C=Nc1cccc(-c2nsc(NNC(=O)NC(C)C)n2)c1. The highest BCUT2D eigenvalue weighted by Crippen LogP contribution is 2.24. The Kier molecular flexibility index (Phi) is 7.59. The number of hydrogen-bond donors (Lipinski definition) is 3. The predicted molar refractivity (Wildman–Crippen MR) is 100 cm³/mol. The number of nitrogens with zero attached hydrogens (tertiary/aromatic N) is 3. The first-order chi connectivity index (χ1) is 12.5. The second-order valence-corrected chi connectivity index (χ2v) is 6.70. The molecule has 26 heavy (non-hydrogen) atoms. The molecule has 1 atom stereocenters. The molecular weight excluding hydrogens is 380 g/mol. The number of hydrazine groups is 1. The lowest BCUT2D eigenvalue weighted by molar-refractivity contribution is -0.164. The summed E-state index contributed by atoms with van der Waals surface area (Å²) < 4.78 is 19.9. The van der Waals surface area contributed by atoms with E-state index in [-0.39, 0.29) is 12.1 Å². The molecule has 0 bridgehead atoms. The van der Waals surface area contributed by atoms with Gasteiger partial charge in [0.05, 0.1) is 12.8 Å². The molecule has 2 rings (SSSR count). The average Bonchev–Trinajstić information content (AvgIpc) is 3.07. The van der Waals surface area contributed by atoms with Crippen molar-refractivity contribution in [2.75, 3.05) is 12.5 Å². The minimum atomic E-state index is -1.78. The Balaban J connectivity index is 2.01. The molecular formula is C14H18N6O4S2. The van der Waals surface area contributed by atoms with Gasteiger partial charge in [0, 0.05) is 23.1 Å². The molecule has 2 amide bonds. The summed E-state index contributed by atoms with van der Waals surface area (Å²) in [5, 5.41) is 3.11. The van der Waals surface area contributed by atoms with Crippen molar-refractivity contribution in [3.05, 3.63) is 24.3 Å². The summed E-state index contributed by atoms with van der Waals surface area (Å²) in [6, 6.07) is 6.70. The Morgan fingerprint density at radius 2 is 2.23 bits per heavy atom. The Morgan fingerprint density at radius 3 is 2.96 bits per heavy atom. The maximum atomic E-state index is 11.5. The van der Waals surface area contributed by atoms with Gasteiger partial charge in [-0.05, 0) is 26.0 Å². The van der Waals surface area contributed by atoms with Crippen molar-refractivity contribution in [2.24, 2.45) is 4.99 Å². The number of aliphatic imine (C=N–C) groups is 1. The lowest BCUT2D eigenvalue weighted by Crippen LogP contribution is -2.42. The third-order valence-electron chi connectivity index (χ3n) is 2.66. The largest absolute Gasteiger partial charge is 0.335 e. The van der Waals surface area contributed by atoms with Crippen molar-refractivity contribution in [3.8, 4) is 11.4 Å². The summed E-state index contributed by atoms with van der Waals surface area (Å²) in [7, 11) is 1.26. The number of urea groups is 1. The van der Waals surface area contributed by atoms with E-state index in [1.165, 1.54) is 7.11 Å². The molecule has 3 N–H and O–H groups in total. The number of hydrogen-bond acceptors (Lipinski definition) is 9. The normalized spacial score (nSPS) is 12.3. The van der Waals surface area contributed by atoms with Crippen LogP contribution >= 0.6 is 11.5 Å². The number of amides is 2. The number of anilines is 1. The number of carbonyl (C=O) groups is 1. The third-order valence-corrected chi connectivity index (χ3v) is 3.83. The van der Waals surface area contributed by atoms with Crippen LogP contribution in [0.5, 0.6) is 0 Å². The molecule has 0 fully saturated rings. The summed E-state index contributed by atoms with van der Waals surface area (Å²) in [6.07, 6.45) is 0. The fraction of sp³-hybridized carbons (Fsp3) is 0.286. The van der Waals surface area contributed by atoms with Crippen molar-refractivity contribution in [1.82, 2.24) is 20.1 Å². The Bertz CT molecular complexity index is 795. The number of carbonyl (C=O) groups excluding carboxylic acids is 1. The molecule has 0 saturated heterocycles. The van der Waals surface area contributed by atoms with Gasteiger partial charge in [-0.2, -0.15) is 9.36 Å². The van der Waals surface area contributed by atoms with E-state index in [4.69, 9.17) is 0 Å². The van der Waals surface area contributed by atoms with E-state index in [1.807, 2.05) is 19.9 Å². The summed E-state index contributed by atoms with van der Waals surface area (Å²) in [6.45, 7) is 3.71. The van der Waals surface area contributed by atoms with Crippen LogP contribution in [0, 0.1) is 0 Å². The molecule has 1 aromatic heterocycles. The van der Waals surface area contributed by atoms with Crippen LogP contribution in [0.15, 0.2) is 29.3 Å². The van der Waals surface area contributed by atoms with Crippen LogP contribution in [0.2, 0.25) is 0 Å². The van der Waals surface area contributed by atoms with Crippen molar-refractivity contribution >= 4 is 45.0 Å². The molecule has 0 aliphatic heterocycles. The zero-order chi connectivity index (χ0) is 18.9. The van der Waals surface area contributed by atoms with E-state index < -0.39 is 11.1 Å². The predicted octanol–water partition coefficient (Wildman–Crippen LogP) is 2.14. The second-order valence-electron chi connectivity index (χ2n) is 5.08. The van der Waals surface area contributed by atoms with Gasteiger partial charge in [0.1, 0.15) is 5.55 Å². The van der Waals surface area contributed by atoms with Crippen molar-refractivity contribution < 1.29 is 18.2 Å². The van der Waals surface area contributed by atoms with Gasteiger partial charge in [-0.15, -0.1) is 4.33 Å². The Morgan fingerprint density at radius 1 is 1.42 bits per heavy atom. The van der Waals surface area contributed by atoms with Gasteiger partial charge < -0.3 is 5.32 Å². The lowest BCUT2D eigenvalue weighted by atomic mass is 10.2. The zero-order valence-electron chi connectivity index (χ0n) is 14.3. The van der Waals surface area contributed by atoms with Crippen LogP contribution in [0.4, 0.5) is 15.6 Å². The highest BCUT2D eigenvalue weighted by Gasteiger charge is 2.08. The van der Waals surface area contributed by atoms with Crippen molar-refractivity contribution in [1.29, 1.82) is 0 Å². The fourth-order valence-corrected chi connectivity index (χ4v) is 2.63. The van der Waals surface area contributed by atoms with Crippen molar-refractivity contribution in [2.45, 2.75) is 19.9 Å². The molecule has 0 saturated carbocycles. The topological polar surface area (TPSA) is 127 Å². The number of rotatable bonds is 8. The van der Waals surface area contributed by atoms with Crippen LogP contribution in [0.3, 0.4) is 0 Å². The van der Waals surface area contributed by atoms with Crippen LogP contribution in [-0.2, 0) is 20.3 Å². The average molecular weight is 398 g/mol. The first-order valence-corrected chi connectivity index (χ1v) is 9.31. The third kappa shape index (κ3) is 6.48. The second kappa shape index (κ2) is 9.91. The summed E-state index contributed by atoms with van der Waals surface area (Å²) in [5.74, 6) is 0.467. The highest BCUT2D eigenvalue weighted by molar-refractivity contribution is 7.94. The molecule has 1 heterocycles. The van der Waals surface area contributed by atoms with E-state index in [1.54, 1.807) is 18.2 Å². The summed E-state index contributed by atoms with van der Waals surface area (Å²) in [4.78, 5) is 24.2. The number of nitrogens with one attached hydrogen (secondary N) is 3. The van der Waals surface area contributed by atoms with Gasteiger partial charge in [0.15, 0.2) is 5.82 Å². The lowest BCUT2D eigenvalue weighted by Gasteiger charge is -2.09. The molecule has 12 heteroatoms. The molecule has 0 aliphatic rings. The van der Waals surface area contributed by atoms with Gasteiger partial charge in [0.2, 0.25) is 16.2 Å². The van der Waals surface area contributed by atoms with Gasteiger partial charge in [0.25, 0.3) is 0 Å². The van der Waals surface area contributed by atoms with Crippen molar-refractivity contribution in [3.63, 3.8) is 0 Å². The molecule has 140 valence electrons. The monoisotopic (exact) mass is 398 g/mol. The van der Waals surface area contributed by atoms with Gasteiger partial charge in [-0.25, -0.2) is 24.3 Å². The smallest absolute Gasteiger partial charge is 0.333 e. The standard InChI is InChI=1S/C14H18N6O4S2/c1-9(2)16-13(21)18-19-14-17-12(20-25-14)10-5-4-6-11(7-10)15-8-26(22)24-23-3/h4-9H,1-3H3,(H2,16,18,21)(H,17,19,20). The van der Waals surface area contributed by atoms with Crippen LogP contribution < -0.4 is 16.2 Å². The maximum absolute atomic E-state index is 11.5. The number of benzene rings is 1. The molecule has 2 aromatic rings. The first-order valence-electron chi connectivity index (χ1n) is 7.40. The van der Waals surface area contributed by atoms with E-state index in [0.717, 1.165) is 17.1 Å².